The number of carbonyl (C=O) groups excluding carboxylic acids is 2. The lowest BCUT2D eigenvalue weighted by molar-refractivity contribution is -0.146. The van der Waals surface area contributed by atoms with Gasteiger partial charge in [0.1, 0.15) is 17.5 Å². The van der Waals surface area contributed by atoms with Crippen molar-refractivity contribution in [1.82, 2.24) is 15.2 Å². The van der Waals surface area contributed by atoms with Crippen LogP contribution in [0.5, 0.6) is 0 Å². The van der Waals surface area contributed by atoms with E-state index < -0.39 is 47.9 Å². The Morgan fingerprint density at radius 1 is 1.12 bits per heavy atom. The average molecular weight is 581 g/mol. The Labute approximate surface area is 241 Å². The van der Waals surface area contributed by atoms with Crippen LogP contribution in [0.1, 0.15) is 96.2 Å². The maximum absolute atomic E-state index is 13.5. The van der Waals surface area contributed by atoms with Gasteiger partial charge in [0.05, 0.1) is 5.41 Å². The molecule has 2 aliphatic heterocycles. The van der Waals surface area contributed by atoms with Crippen molar-refractivity contribution in [3.8, 4) is 0 Å². The number of aromatic nitrogens is 1. The fourth-order valence-corrected chi connectivity index (χ4v) is 5.52. The number of carboxylic acid groups (broad SMARTS) is 1. The summed E-state index contributed by atoms with van der Waals surface area (Å²) < 4.78 is 32.4. The summed E-state index contributed by atoms with van der Waals surface area (Å²) in [6.45, 7) is 6.35. The van der Waals surface area contributed by atoms with E-state index in [-0.39, 0.29) is 32.4 Å². The number of hydrogen-bond acceptors (Lipinski definition) is 6. The number of ether oxygens (including phenoxy) is 1. The summed E-state index contributed by atoms with van der Waals surface area (Å²) in [6, 6.07) is 3.10. The molecule has 9 nitrogen and oxygen atoms in total. The molecule has 1 aromatic rings. The first-order chi connectivity index (χ1) is 19.4. The third kappa shape index (κ3) is 10.1. The van der Waals surface area contributed by atoms with Crippen molar-refractivity contribution in [2.24, 2.45) is 5.41 Å². The van der Waals surface area contributed by atoms with E-state index in [1.807, 2.05) is 0 Å². The van der Waals surface area contributed by atoms with Crippen LogP contribution in [0.2, 0.25) is 0 Å². The number of carboxylic acids is 1. The minimum atomic E-state index is -2.73. The monoisotopic (exact) mass is 580 g/mol. The number of likely N-dealkylation sites (tertiary alicyclic amines) is 1. The first kappa shape index (κ1) is 32.5. The number of amides is 2. The third-order valence-electron chi connectivity index (χ3n) is 7.88. The van der Waals surface area contributed by atoms with Gasteiger partial charge in [0.15, 0.2) is 0 Å². The van der Waals surface area contributed by atoms with Gasteiger partial charge >= 0.3 is 12.1 Å². The molecule has 2 aliphatic rings. The molecule has 3 heterocycles. The number of pyridine rings is 1. The van der Waals surface area contributed by atoms with Crippen LogP contribution in [-0.2, 0) is 27.2 Å². The summed E-state index contributed by atoms with van der Waals surface area (Å²) in [7, 11) is 0. The van der Waals surface area contributed by atoms with Crippen LogP contribution < -0.4 is 10.6 Å². The maximum Gasteiger partial charge on any atom is 0.410 e. The van der Waals surface area contributed by atoms with Crippen LogP contribution in [0.15, 0.2) is 12.1 Å². The number of nitrogens with zero attached hydrogens (tertiary/aromatic N) is 2. The highest BCUT2D eigenvalue weighted by molar-refractivity contribution is 5.87. The number of aryl methyl sites for hydroxylation is 2. The van der Waals surface area contributed by atoms with Gasteiger partial charge in [0, 0.05) is 31.7 Å². The molecule has 0 bridgehead atoms. The molecule has 1 saturated heterocycles. The van der Waals surface area contributed by atoms with E-state index in [1.54, 1.807) is 20.8 Å². The highest BCUT2D eigenvalue weighted by Crippen LogP contribution is 2.38. The summed E-state index contributed by atoms with van der Waals surface area (Å²) in [5, 5.41) is 15.6. The molecule has 0 aromatic carbocycles. The molecule has 230 valence electrons. The van der Waals surface area contributed by atoms with Crippen molar-refractivity contribution in [3.05, 3.63) is 23.4 Å². The van der Waals surface area contributed by atoms with Crippen LogP contribution >= 0.6 is 0 Å². The molecule has 1 aromatic heterocycles. The number of alkyl halides is 2. The molecular weight excluding hydrogens is 534 g/mol. The quantitative estimate of drug-likeness (QED) is 0.261. The molecule has 1 atom stereocenters. The molecule has 1 unspecified atom stereocenters. The summed E-state index contributed by atoms with van der Waals surface area (Å²) in [4.78, 5) is 43.6. The van der Waals surface area contributed by atoms with Crippen molar-refractivity contribution in [2.45, 2.75) is 116 Å². The second-order valence-corrected chi connectivity index (χ2v) is 12.4. The van der Waals surface area contributed by atoms with Gasteiger partial charge in [-0.05, 0) is 77.3 Å². The van der Waals surface area contributed by atoms with E-state index in [2.05, 4.69) is 22.8 Å². The summed E-state index contributed by atoms with van der Waals surface area (Å²) >= 11 is 0. The van der Waals surface area contributed by atoms with Crippen molar-refractivity contribution >= 4 is 23.8 Å². The number of unbranched alkanes of at least 4 members (excludes halogenated alkanes) is 4. The maximum atomic E-state index is 13.5. The Kier molecular flexibility index (Phi) is 11.7. The molecule has 0 spiro atoms. The zero-order valence-corrected chi connectivity index (χ0v) is 24.6. The lowest BCUT2D eigenvalue weighted by Gasteiger charge is -2.41. The lowest BCUT2D eigenvalue weighted by atomic mass is 9.74. The smallest absolute Gasteiger partial charge is 0.410 e. The molecule has 1 fully saturated rings. The topological polar surface area (TPSA) is 121 Å². The van der Waals surface area contributed by atoms with Crippen LogP contribution in [0.25, 0.3) is 0 Å². The molecule has 0 aliphatic carbocycles. The Morgan fingerprint density at radius 2 is 1.80 bits per heavy atom. The first-order valence-electron chi connectivity index (χ1n) is 14.9. The molecule has 3 rings (SSSR count). The molecular formula is C30H46F2N4O5. The van der Waals surface area contributed by atoms with Gasteiger partial charge in [0.2, 0.25) is 12.3 Å². The number of anilines is 1. The zero-order chi connectivity index (χ0) is 30.0. The fraction of sp³-hybridized carbons (Fsp3) is 0.733. The van der Waals surface area contributed by atoms with Gasteiger partial charge in [-0.3, -0.25) is 4.79 Å². The van der Waals surface area contributed by atoms with E-state index in [1.165, 1.54) is 10.5 Å². The normalized spacial score (nSPS) is 17.4. The van der Waals surface area contributed by atoms with Crippen LogP contribution in [0.3, 0.4) is 0 Å². The van der Waals surface area contributed by atoms with Crippen molar-refractivity contribution < 1.29 is 33.0 Å². The van der Waals surface area contributed by atoms with Gasteiger partial charge < -0.3 is 25.4 Å². The Morgan fingerprint density at radius 3 is 2.46 bits per heavy atom. The predicted molar refractivity (Wildman–Crippen MR) is 152 cm³/mol. The second kappa shape index (κ2) is 14.8. The number of carbonyl (C=O) groups is 3. The minimum absolute atomic E-state index is 0.0178. The van der Waals surface area contributed by atoms with Gasteiger partial charge in [-0.1, -0.05) is 31.7 Å². The SMILES string of the molecule is CC(C)(C)OC(=O)N1CCC(CC(F)F)(C(=O)NC(CCCCCCCc2ccc3c(n2)NCCC3)C(=O)O)CC1. The number of nitrogens with one attached hydrogen (secondary N) is 2. The standard InChI is InChI=1S/C30H46F2N4O5/c1-29(2,3)41-28(40)36-18-15-30(16-19-36,20-24(31)32)27(39)35-23(26(37)38)12-8-6-4-5-7-11-22-14-13-21-10-9-17-33-25(21)34-22/h13-14,23-24H,4-12,15-20H2,1-3H3,(H,33,34)(H,35,39)(H,37,38). The van der Waals surface area contributed by atoms with E-state index in [4.69, 9.17) is 9.72 Å². The number of rotatable bonds is 13. The summed E-state index contributed by atoms with van der Waals surface area (Å²) in [6.07, 6.45) is 3.71. The molecule has 0 radical (unpaired) electrons. The second-order valence-electron chi connectivity index (χ2n) is 12.4. The average Bonchev–Trinajstić information content (AvgIpc) is 2.90. The number of hydrogen-bond donors (Lipinski definition) is 3. The highest BCUT2D eigenvalue weighted by Gasteiger charge is 2.45. The molecule has 41 heavy (non-hydrogen) atoms. The molecule has 0 saturated carbocycles. The lowest BCUT2D eigenvalue weighted by Crippen LogP contribution is -2.54. The van der Waals surface area contributed by atoms with Gasteiger partial charge in [-0.15, -0.1) is 0 Å². The zero-order valence-electron chi connectivity index (χ0n) is 24.6. The van der Waals surface area contributed by atoms with Gasteiger partial charge in [-0.2, -0.15) is 0 Å². The summed E-state index contributed by atoms with van der Waals surface area (Å²) in [5.74, 6) is -0.857. The minimum Gasteiger partial charge on any atom is -0.480 e. The van der Waals surface area contributed by atoms with Crippen molar-refractivity contribution in [3.63, 3.8) is 0 Å². The van der Waals surface area contributed by atoms with Crippen LogP contribution in [0, 0.1) is 5.41 Å². The van der Waals surface area contributed by atoms with E-state index in [0.29, 0.717) is 6.42 Å². The Bertz CT molecular complexity index is 1040. The molecule has 2 amide bonds. The van der Waals surface area contributed by atoms with E-state index >= 15 is 0 Å². The number of fused-ring (bicyclic) bond motifs is 1. The Hall–Kier alpha value is -2.98. The fourth-order valence-electron chi connectivity index (χ4n) is 5.52. The summed E-state index contributed by atoms with van der Waals surface area (Å²) in [5.41, 5.74) is 0.213. The predicted octanol–water partition coefficient (Wildman–Crippen LogP) is 5.56. The molecule has 3 N–H and O–H groups in total. The number of aliphatic carboxylic acids is 1. The third-order valence-corrected chi connectivity index (χ3v) is 7.88. The largest absolute Gasteiger partial charge is 0.480 e. The molecule has 11 heteroatoms. The first-order valence-corrected chi connectivity index (χ1v) is 14.9. The van der Waals surface area contributed by atoms with Gasteiger partial charge in [-0.25, -0.2) is 23.4 Å². The highest BCUT2D eigenvalue weighted by atomic mass is 19.3. The Balaban J connectivity index is 1.43. The van der Waals surface area contributed by atoms with E-state index in [0.717, 1.165) is 63.0 Å². The number of piperidine rings is 1. The van der Waals surface area contributed by atoms with E-state index in [9.17, 15) is 28.3 Å². The van der Waals surface area contributed by atoms with Gasteiger partial charge in [0.25, 0.3) is 0 Å². The van der Waals surface area contributed by atoms with Crippen molar-refractivity contribution in [1.29, 1.82) is 0 Å². The van der Waals surface area contributed by atoms with Crippen LogP contribution in [-0.4, -0.2) is 70.7 Å². The number of halogens is 2. The van der Waals surface area contributed by atoms with Crippen LogP contribution in [0.4, 0.5) is 19.4 Å². The van der Waals surface area contributed by atoms with Crippen molar-refractivity contribution in [2.75, 3.05) is 25.0 Å².